The molecule has 1 aromatic heterocycles. The Hall–Kier alpha value is -8.41. The molecule has 2 heterocycles. The lowest BCUT2D eigenvalue weighted by Gasteiger charge is -2.34. The van der Waals surface area contributed by atoms with E-state index in [4.69, 9.17) is 24.4 Å². The summed E-state index contributed by atoms with van der Waals surface area (Å²) in [5.74, 6) is 4.22. The Bertz CT molecular complexity index is 3160. The molecule has 2 aliphatic rings. The van der Waals surface area contributed by atoms with E-state index in [2.05, 4.69) is 194 Å². The van der Waals surface area contributed by atoms with Gasteiger partial charge in [0.2, 0.25) is 0 Å². The molecule has 5 nitrogen and oxygen atoms in total. The molecule has 5 heteroatoms. The average Bonchev–Trinajstić information content (AvgIpc) is 3.65. The molecule has 12 rings (SSSR count). The number of fused-ring (bicyclic) bond motifs is 5. The van der Waals surface area contributed by atoms with E-state index in [0.717, 1.165) is 50.1 Å². The van der Waals surface area contributed by atoms with Gasteiger partial charge in [-0.05, 0) is 86.0 Å². The largest absolute Gasteiger partial charge is 0.450 e. The maximum atomic E-state index is 6.80. The molecule has 0 N–H and O–H groups in total. The van der Waals surface area contributed by atoms with Crippen LogP contribution in [0.15, 0.2) is 224 Å². The fourth-order valence-corrected chi connectivity index (χ4v) is 9.30. The van der Waals surface area contributed by atoms with Gasteiger partial charge in [-0.25, -0.2) is 15.0 Å². The minimum atomic E-state index is -0.547. The first kappa shape index (κ1) is 36.4. The molecule has 1 aliphatic heterocycles. The fraction of sp³-hybridized carbons (Fsp3) is 0.0172. The summed E-state index contributed by atoms with van der Waals surface area (Å²) in [7, 11) is 0. The highest BCUT2D eigenvalue weighted by atomic mass is 16.6. The Balaban J connectivity index is 0.946. The van der Waals surface area contributed by atoms with Gasteiger partial charge in [0.15, 0.2) is 40.5 Å². The van der Waals surface area contributed by atoms with Crippen LogP contribution in [-0.4, -0.2) is 15.0 Å². The number of hydrogen-bond acceptors (Lipinski definition) is 5. The van der Waals surface area contributed by atoms with Crippen LogP contribution >= 0.6 is 0 Å². The summed E-state index contributed by atoms with van der Waals surface area (Å²) in [5, 5.41) is 0. The monoisotopic (exact) mass is 807 g/mol. The Morgan fingerprint density at radius 1 is 0.270 bits per heavy atom. The maximum Gasteiger partial charge on any atom is 0.170 e. The summed E-state index contributed by atoms with van der Waals surface area (Å²) in [6.07, 6.45) is 0. The summed E-state index contributed by atoms with van der Waals surface area (Å²) in [4.78, 5) is 15.2. The topological polar surface area (TPSA) is 57.1 Å². The lowest BCUT2D eigenvalue weighted by atomic mass is 9.67. The van der Waals surface area contributed by atoms with Gasteiger partial charge in [0, 0.05) is 16.7 Å². The molecule has 0 atom stereocenters. The van der Waals surface area contributed by atoms with E-state index in [9.17, 15) is 0 Å². The number of ether oxygens (including phenoxy) is 2. The highest BCUT2D eigenvalue weighted by Gasteiger charge is 2.47. The van der Waals surface area contributed by atoms with Gasteiger partial charge in [0.1, 0.15) is 0 Å². The number of aromatic nitrogens is 3. The van der Waals surface area contributed by atoms with E-state index in [1.807, 2.05) is 30.3 Å². The zero-order valence-corrected chi connectivity index (χ0v) is 34.0. The van der Waals surface area contributed by atoms with E-state index in [-0.39, 0.29) is 0 Å². The zero-order valence-electron chi connectivity index (χ0n) is 34.0. The summed E-state index contributed by atoms with van der Waals surface area (Å²) in [6.45, 7) is 0. The quantitative estimate of drug-likeness (QED) is 0.161. The van der Waals surface area contributed by atoms with Crippen LogP contribution in [0.5, 0.6) is 23.0 Å². The van der Waals surface area contributed by atoms with Gasteiger partial charge in [-0.3, -0.25) is 0 Å². The Labute approximate surface area is 365 Å². The molecule has 9 aromatic carbocycles. The van der Waals surface area contributed by atoms with Gasteiger partial charge >= 0.3 is 0 Å². The number of rotatable bonds is 7. The third-order valence-electron chi connectivity index (χ3n) is 12.3. The van der Waals surface area contributed by atoms with Crippen molar-refractivity contribution in [3.8, 4) is 90.5 Å². The van der Waals surface area contributed by atoms with Crippen molar-refractivity contribution in [3.05, 3.63) is 247 Å². The molecule has 0 saturated heterocycles. The minimum absolute atomic E-state index is 0.532. The Morgan fingerprint density at radius 2 is 0.667 bits per heavy atom. The smallest absolute Gasteiger partial charge is 0.170 e. The Kier molecular flexibility index (Phi) is 8.64. The first-order valence-electron chi connectivity index (χ1n) is 21.2. The lowest BCUT2D eigenvalue weighted by Crippen LogP contribution is -2.28. The molecule has 63 heavy (non-hydrogen) atoms. The first-order chi connectivity index (χ1) is 31.2. The van der Waals surface area contributed by atoms with Crippen LogP contribution in [0.4, 0.5) is 0 Å². The summed E-state index contributed by atoms with van der Waals surface area (Å²) >= 11 is 0. The van der Waals surface area contributed by atoms with Crippen LogP contribution in [0.2, 0.25) is 0 Å². The molecular formula is C58H37N3O2. The van der Waals surface area contributed by atoms with Crippen molar-refractivity contribution < 1.29 is 9.47 Å². The molecule has 0 spiro atoms. The van der Waals surface area contributed by atoms with Gasteiger partial charge in [-0.1, -0.05) is 194 Å². The highest BCUT2D eigenvalue weighted by Crippen LogP contribution is 2.59. The second kappa shape index (κ2) is 14.9. The first-order valence-corrected chi connectivity index (χ1v) is 21.2. The van der Waals surface area contributed by atoms with Crippen LogP contribution in [0, 0.1) is 0 Å². The highest BCUT2D eigenvalue weighted by molar-refractivity contribution is 5.88. The van der Waals surface area contributed by atoms with Crippen molar-refractivity contribution >= 4 is 0 Å². The molecule has 0 saturated carbocycles. The van der Waals surface area contributed by atoms with Crippen LogP contribution in [0.1, 0.15) is 22.3 Å². The molecule has 296 valence electrons. The predicted octanol–water partition coefficient (Wildman–Crippen LogP) is 14.5. The van der Waals surface area contributed by atoms with E-state index >= 15 is 0 Å². The number of nitrogens with zero attached hydrogens (tertiary/aromatic N) is 3. The van der Waals surface area contributed by atoms with Crippen molar-refractivity contribution in [1.29, 1.82) is 0 Å². The van der Waals surface area contributed by atoms with E-state index in [1.165, 1.54) is 22.3 Å². The average molecular weight is 808 g/mol. The Morgan fingerprint density at radius 3 is 1.22 bits per heavy atom. The second-order valence-corrected chi connectivity index (χ2v) is 15.9. The molecule has 0 amide bonds. The third kappa shape index (κ3) is 6.21. The normalized spacial score (nSPS) is 12.8. The zero-order chi connectivity index (χ0) is 41.7. The van der Waals surface area contributed by atoms with Gasteiger partial charge < -0.3 is 9.47 Å². The molecule has 0 radical (unpaired) electrons. The van der Waals surface area contributed by atoms with E-state index in [1.54, 1.807) is 0 Å². The second-order valence-electron chi connectivity index (χ2n) is 15.9. The molecule has 0 unspecified atom stereocenters. The van der Waals surface area contributed by atoms with Crippen molar-refractivity contribution in [3.63, 3.8) is 0 Å². The fourth-order valence-electron chi connectivity index (χ4n) is 9.30. The van der Waals surface area contributed by atoms with Gasteiger partial charge in [0.25, 0.3) is 0 Å². The molecule has 0 bridgehead atoms. The molecule has 0 fully saturated rings. The lowest BCUT2D eigenvalue weighted by molar-refractivity contribution is 0.359. The SMILES string of the molecule is c1ccc(-c2ccc(-c3nc(-c4ccc(-c5ccccc5)cc4)nc(-c4ccc5c(c4)Oc4cc6c(cc4O5)C(c4ccccc4)(c4ccccc4)c4ccccc4-6)n3)cc2)cc1. The van der Waals surface area contributed by atoms with Crippen LogP contribution in [-0.2, 0) is 5.41 Å². The maximum absolute atomic E-state index is 6.80. The third-order valence-corrected chi connectivity index (χ3v) is 12.3. The van der Waals surface area contributed by atoms with Crippen LogP contribution < -0.4 is 9.47 Å². The van der Waals surface area contributed by atoms with Crippen molar-refractivity contribution in [2.45, 2.75) is 5.41 Å². The minimum Gasteiger partial charge on any atom is -0.450 e. The van der Waals surface area contributed by atoms with Gasteiger partial charge in [-0.15, -0.1) is 0 Å². The molecular weight excluding hydrogens is 771 g/mol. The number of hydrogen-bond donors (Lipinski definition) is 0. The van der Waals surface area contributed by atoms with Crippen molar-refractivity contribution in [2.24, 2.45) is 0 Å². The van der Waals surface area contributed by atoms with Crippen molar-refractivity contribution in [2.75, 3.05) is 0 Å². The molecule has 1 aliphatic carbocycles. The summed E-state index contributed by atoms with van der Waals surface area (Å²) in [5.41, 5.74) is 13.6. The van der Waals surface area contributed by atoms with E-state index in [0.29, 0.717) is 40.5 Å². The van der Waals surface area contributed by atoms with E-state index < -0.39 is 5.41 Å². The van der Waals surface area contributed by atoms with Gasteiger partial charge in [-0.2, -0.15) is 0 Å². The van der Waals surface area contributed by atoms with Crippen LogP contribution in [0.3, 0.4) is 0 Å². The van der Waals surface area contributed by atoms with Crippen LogP contribution in [0.25, 0.3) is 67.5 Å². The molecule has 10 aromatic rings. The summed E-state index contributed by atoms with van der Waals surface area (Å²) < 4.78 is 13.6. The number of benzene rings is 9. The van der Waals surface area contributed by atoms with Crippen molar-refractivity contribution in [1.82, 2.24) is 15.0 Å². The standard InChI is InChI=1S/C58H37N3O2/c1-5-15-38(16-6-1)40-25-29-42(30-26-40)55-59-56(43-31-27-41(28-32-43)39-17-7-2-8-18-39)61-57(60-55)44-33-34-51-52(35-44)63-53-36-48-47-23-13-14-24-49(47)58(45-19-9-3-10-20-45,46-21-11-4-12-22-46)50(48)37-54(53)62-51/h1-37H. The van der Waals surface area contributed by atoms with Gasteiger partial charge in [0.05, 0.1) is 5.41 Å². The summed E-state index contributed by atoms with van der Waals surface area (Å²) in [6, 6.07) is 77.9. The predicted molar refractivity (Wildman–Crippen MR) is 251 cm³/mol.